The van der Waals surface area contributed by atoms with Crippen molar-refractivity contribution < 1.29 is 8.42 Å². The largest absolute Gasteiger partial charge is 0.384 e. The van der Waals surface area contributed by atoms with E-state index in [0.717, 1.165) is 15.7 Å². The van der Waals surface area contributed by atoms with E-state index in [1.54, 1.807) is 0 Å². The summed E-state index contributed by atoms with van der Waals surface area (Å²) in [6.45, 7) is 2.43. The smallest absolute Gasteiger partial charge is 0.149 e. The monoisotopic (exact) mass is 291 g/mol. The van der Waals surface area contributed by atoms with Gasteiger partial charge < -0.3 is 5.32 Å². The summed E-state index contributed by atoms with van der Waals surface area (Å²) in [6, 6.07) is 5.85. The fourth-order valence-corrected chi connectivity index (χ4v) is 2.14. The molecule has 84 valence electrons. The minimum absolute atomic E-state index is 0.155. The molecule has 3 nitrogen and oxygen atoms in total. The lowest BCUT2D eigenvalue weighted by atomic mass is 10.2. The molecule has 0 saturated carbocycles. The van der Waals surface area contributed by atoms with E-state index in [-0.39, 0.29) is 5.75 Å². The number of sulfone groups is 1. The molecule has 0 spiro atoms. The maximum absolute atomic E-state index is 10.9. The molecule has 0 unspecified atom stereocenters. The zero-order chi connectivity index (χ0) is 11.5. The highest BCUT2D eigenvalue weighted by Crippen LogP contribution is 2.19. The van der Waals surface area contributed by atoms with Crippen LogP contribution in [-0.4, -0.2) is 27.0 Å². The first-order valence-corrected chi connectivity index (χ1v) is 7.41. The molecular weight excluding hydrogens is 278 g/mol. The van der Waals surface area contributed by atoms with Crippen molar-refractivity contribution >= 4 is 31.5 Å². The van der Waals surface area contributed by atoms with Gasteiger partial charge in [-0.1, -0.05) is 15.9 Å². The van der Waals surface area contributed by atoms with Crippen molar-refractivity contribution in [2.75, 3.05) is 23.9 Å². The summed E-state index contributed by atoms with van der Waals surface area (Å²) in [7, 11) is -2.89. The molecule has 5 heteroatoms. The molecule has 0 bridgehead atoms. The van der Waals surface area contributed by atoms with Crippen LogP contribution in [0, 0.1) is 6.92 Å². The van der Waals surface area contributed by atoms with Gasteiger partial charge in [0, 0.05) is 23.0 Å². The molecule has 1 aromatic rings. The predicted molar refractivity (Wildman–Crippen MR) is 67.1 cm³/mol. The molecule has 1 aromatic carbocycles. The predicted octanol–water partition coefficient (Wildman–Crippen LogP) is 2.21. The minimum Gasteiger partial charge on any atom is -0.384 e. The lowest BCUT2D eigenvalue weighted by Gasteiger charge is -2.08. The fourth-order valence-electron chi connectivity index (χ4n) is 1.20. The summed E-state index contributed by atoms with van der Waals surface area (Å²) < 4.78 is 22.8. The Bertz CT molecular complexity index is 443. The van der Waals surface area contributed by atoms with E-state index in [0.29, 0.717) is 6.54 Å². The Morgan fingerprint density at radius 2 is 2.07 bits per heavy atom. The highest BCUT2D eigenvalue weighted by Gasteiger charge is 2.02. The standard InChI is InChI=1S/C10H14BrNO2S/c1-8-7-9(11)3-4-10(8)12-5-6-15(2,13)14/h3-4,7,12H,5-6H2,1-2H3. The second-order valence-electron chi connectivity index (χ2n) is 3.52. The molecular formula is C10H14BrNO2S. The zero-order valence-electron chi connectivity index (χ0n) is 8.75. The Hall–Kier alpha value is -0.550. The molecule has 0 amide bonds. The number of benzene rings is 1. The van der Waals surface area contributed by atoms with E-state index in [2.05, 4.69) is 21.2 Å². The van der Waals surface area contributed by atoms with E-state index in [9.17, 15) is 8.42 Å². The summed E-state index contributed by atoms with van der Waals surface area (Å²) in [5.41, 5.74) is 2.07. The summed E-state index contributed by atoms with van der Waals surface area (Å²) in [5.74, 6) is 0.155. The second-order valence-corrected chi connectivity index (χ2v) is 6.69. The van der Waals surface area contributed by atoms with E-state index in [1.165, 1.54) is 6.26 Å². The summed E-state index contributed by atoms with van der Waals surface area (Å²) in [6.07, 6.45) is 1.24. The average Bonchev–Trinajstić information content (AvgIpc) is 2.07. The fraction of sp³-hybridized carbons (Fsp3) is 0.400. The molecule has 0 aliphatic rings. The van der Waals surface area contributed by atoms with Crippen LogP contribution in [0.4, 0.5) is 5.69 Å². The first-order valence-electron chi connectivity index (χ1n) is 4.56. The van der Waals surface area contributed by atoms with Crippen LogP contribution < -0.4 is 5.32 Å². The van der Waals surface area contributed by atoms with Gasteiger partial charge in [0.2, 0.25) is 0 Å². The zero-order valence-corrected chi connectivity index (χ0v) is 11.2. The van der Waals surface area contributed by atoms with E-state index < -0.39 is 9.84 Å². The van der Waals surface area contributed by atoms with Crippen LogP contribution in [0.1, 0.15) is 5.56 Å². The van der Waals surface area contributed by atoms with Crippen molar-refractivity contribution in [1.29, 1.82) is 0 Å². The van der Waals surface area contributed by atoms with Gasteiger partial charge in [-0.05, 0) is 30.7 Å². The quantitative estimate of drug-likeness (QED) is 0.925. The van der Waals surface area contributed by atoms with Gasteiger partial charge in [-0.25, -0.2) is 8.42 Å². The number of hydrogen-bond acceptors (Lipinski definition) is 3. The summed E-state index contributed by atoms with van der Waals surface area (Å²) in [5, 5.41) is 3.10. The maximum Gasteiger partial charge on any atom is 0.149 e. The van der Waals surface area contributed by atoms with Gasteiger partial charge in [-0.2, -0.15) is 0 Å². The van der Waals surface area contributed by atoms with Crippen LogP contribution in [0.25, 0.3) is 0 Å². The Labute approximate surface area is 98.9 Å². The maximum atomic E-state index is 10.9. The topological polar surface area (TPSA) is 46.2 Å². The molecule has 0 aromatic heterocycles. The summed E-state index contributed by atoms with van der Waals surface area (Å²) >= 11 is 3.37. The SMILES string of the molecule is Cc1cc(Br)ccc1NCCS(C)(=O)=O. The Balaban J connectivity index is 2.59. The third kappa shape index (κ3) is 4.66. The molecule has 0 saturated heterocycles. The van der Waals surface area contributed by atoms with E-state index >= 15 is 0 Å². The van der Waals surface area contributed by atoms with Crippen molar-refractivity contribution in [2.45, 2.75) is 6.92 Å². The number of aryl methyl sites for hydroxylation is 1. The van der Waals surface area contributed by atoms with Gasteiger partial charge in [-0.15, -0.1) is 0 Å². The van der Waals surface area contributed by atoms with E-state index in [1.807, 2.05) is 25.1 Å². The van der Waals surface area contributed by atoms with Crippen molar-refractivity contribution in [1.82, 2.24) is 0 Å². The highest BCUT2D eigenvalue weighted by molar-refractivity contribution is 9.10. The number of halogens is 1. The van der Waals surface area contributed by atoms with Crippen LogP contribution in [0.2, 0.25) is 0 Å². The third-order valence-electron chi connectivity index (χ3n) is 1.98. The number of hydrogen-bond donors (Lipinski definition) is 1. The van der Waals surface area contributed by atoms with Gasteiger partial charge in [-0.3, -0.25) is 0 Å². The molecule has 1 N–H and O–H groups in total. The van der Waals surface area contributed by atoms with Gasteiger partial charge in [0.1, 0.15) is 9.84 Å². The van der Waals surface area contributed by atoms with Crippen LogP contribution in [0.5, 0.6) is 0 Å². The van der Waals surface area contributed by atoms with Crippen LogP contribution >= 0.6 is 15.9 Å². The van der Waals surface area contributed by atoms with Crippen LogP contribution in [-0.2, 0) is 9.84 Å². The first kappa shape index (κ1) is 12.5. The molecule has 15 heavy (non-hydrogen) atoms. The highest BCUT2D eigenvalue weighted by atomic mass is 79.9. The normalized spacial score (nSPS) is 11.4. The number of nitrogens with one attached hydrogen (secondary N) is 1. The number of rotatable bonds is 4. The molecule has 0 radical (unpaired) electrons. The average molecular weight is 292 g/mol. The van der Waals surface area contributed by atoms with Gasteiger partial charge in [0.05, 0.1) is 5.75 Å². The Kier molecular flexibility index (Phi) is 4.16. The van der Waals surface area contributed by atoms with Gasteiger partial charge >= 0.3 is 0 Å². The molecule has 0 fully saturated rings. The molecule has 0 aliphatic heterocycles. The lowest BCUT2D eigenvalue weighted by molar-refractivity contribution is 0.602. The molecule has 0 heterocycles. The van der Waals surface area contributed by atoms with Crippen molar-refractivity contribution in [3.63, 3.8) is 0 Å². The van der Waals surface area contributed by atoms with Gasteiger partial charge in [0.25, 0.3) is 0 Å². The third-order valence-corrected chi connectivity index (χ3v) is 3.42. The lowest BCUT2D eigenvalue weighted by Crippen LogP contribution is -2.14. The van der Waals surface area contributed by atoms with Crippen LogP contribution in [0.15, 0.2) is 22.7 Å². The van der Waals surface area contributed by atoms with Gasteiger partial charge in [0.15, 0.2) is 0 Å². The molecule has 0 atom stereocenters. The Morgan fingerprint density at radius 3 is 2.60 bits per heavy atom. The number of anilines is 1. The first-order chi connectivity index (χ1) is 6.88. The summed E-state index contributed by atoms with van der Waals surface area (Å²) in [4.78, 5) is 0. The van der Waals surface area contributed by atoms with Crippen molar-refractivity contribution in [3.05, 3.63) is 28.2 Å². The van der Waals surface area contributed by atoms with E-state index in [4.69, 9.17) is 0 Å². The van der Waals surface area contributed by atoms with Crippen molar-refractivity contribution in [2.24, 2.45) is 0 Å². The second kappa shape index (κ2) is 4.99. The van der Waals surface area contributed by atoms with Crippen LogP contribution in [0.3, 0.4) is 0 Å². The minimum atomic E-state index is -2.89. The van der Waals surface area contributed by atoms with Crippen molar-refractivity contribution in [3.8, 4) is 0 Å². The Morgan fingerprint density at radius 1 is 1.40 bits per heavy atom. The molecule has 1 rings (SSSR count). The molecule has 0 aliphatic carbocycles.